The summed E-state index contributed by atoms with van der Waals surface area (Å²) < 4.78 is 5.26. The van der Waals surface area contributed by atoms with Crippen LogP contribution in [-0.2, 0) is 17.8 Å². The molecule has 0 fully saturated rings. The first-order valence-corrected chi connectivity index (χ1v) is 14.8. The Hall–Kier alpha value is -4.76. The lowest BCUT2D eigenvalue weighted by Gasteiger charge is -2.33. The Bertz CT molecular complexity index is 1590. The van der Waals surface area contributed by atoms with Gasteiger partial charge in [0.25, 0.3) is 0 Å². The quantitative estimate of drug-likeness (QED) is 0.155. The molecule has 1 amide bonds. The first-order valence-electron chi connectivity index (χ1n) is 14.8. The molecular weight excluding hydrogens is 556 g/mol. The van der Waals surface area contributed by atoms with Crippen molar-refractivity contribution < 1.29 is 24.2 Å². The van der Waals surface area contributed by atoms with E-state index in [2.05, 4.69) is 15.3 Å². The molecule has 44 heavy (non-hydrogen) atoms. The fraction of sp³-hybridized carbons (Fsp3) is 0.314. The Morgan fingerprint density at radius 3 is 2.41 bits per heavy atom. The molecule has 3 N–H and O–H groups in total. The van der Waals surface area contributed by atoms with Crippen molar-refractivity contribution in [2.45, 2.75) is 59.2 Å². The summed E-state index contributed by atoms with van der Waals surface area (Å²) in [5, 5.41) is 13.2. The molecule has 0 saturated carbocycles. The number of carboxylic acids is 1. The number of hydrogen-bond donors (Lipinski definition) is 3. The molecule has 9 nitrogen and oxygen atoms in total. The highest BCUT2D eigenvalue weighted by Gasteiger charge is 2.31. The Morgan fingerprint density at radius 1 is 1.09 bits per heavy atom. The molecule has 0 radical (unpaired) electrons. The summed E-state index contributed by atoms with van der Waals surface area (Å²) in [5.74, 6) is -0.394. The molecule has 230 valence electrons. The minimum absolute atomic E-state index is 0.0246. The van der Waals surface area contributed by atoms with Crippen LogP contribution < -0.4 is 10.1 Å². The van der Waals surface area contributed by atoms with Crippen LogP contribution in [0.1, 0.15) is 75.1 Å². The van der Waals surface area contributed by atoms with Crippen molar-refractivity contribution in [1.82, 2.24) is 20.2 Å². The number of carbonyl (C=O) groups excluding carboxylic acids is 2. The lowest BCUT2D eigenvalue weighted by molar-refractivity contribution is -0.136. The molecule has 1 heterocycles. The summed E-state index contributed by atoms with van der Waals surface area (Å²) in [6.07, 6.45) is 3.85. The third-order valence-corrected chi connectivity index (χ3v) is 7.88. The molecule has 0 bridgehead atoms. The van der Waals surface area contributed by atoms with Gasteiger partial charge in [0.05, 0.1) is 31.1 Å². The van der Waals surface area contributed by atoms with E-state index in [1.54, 1.807) is 29.3 Å². The van der Waals surface area contributed by atoms with E-state index in [1.807, 2.05) is 70.2 Å². The van der Waals surface area contributed by atoms with Crippen LogP contribution in [0.15, 0.2) is 66.9 Å². The van der Waals surface area contributed by atoms with E-state index in [-0.39, 0.29) is 23.8 Å². The monoisotopic (exact) mass is 596 g/mol. The number of amides is 1. The number of rotatable bonds is 14. The summed E-state index contributed by atoms with van der Waals surface area (Å²) in [4.78, 5) is 47.7. The normalized spacial score (nSPS) is 12.4. The number of carboxylic acid groups (broad SMARTS) is 1. The van der Waals surface area contributed by atoms with E-state index in [1.165, 1.54) is 7.11 Å². The second kappa shape index (κ2) is 14.6. The van der Waals surface area contributed by atoms with Crippen LogP contribution in [0.3, 0.4) is 0 Å². The van der Waals surface area contributed by atoms with E-state index in [9.17, 15) is 19.5 Å². The summed E-state index contributed by atoms with van der Waals surface area (Å²) >= 11 is 0. The number of nitrogens with zero attached hydrogens (tertiary/aromatic N) is 2. The largest absolute Gasteiger partial charge is 0.496 e. The van der Waals surface area contributed by atoms with Crippen LogP contribution in [0.25, 0.3) is 11.3 Å². The van der Waals surface area contributed by atoms with Gasteiger partial charge in [-0.1, -0.05) is 43.3 Å². The zero-order valence-electron chi connectivity index (χ0n) is 25.9. The van der Waals surface area contributed by atoms with Gasteiger partial charge in [-0.15, -0.1) is 0 Å². The molecule has 9 heteroatoms. The van der Waals surface area contributed by atoms with Crippen LogP contribution in [0, 0.1) is 13.8 Å². The molecule has 0 aliphatic heterocycles. The van der Waals surface area contributed by atoms with E-state index in [4.69, 9.17) is 4.74 Å². The first-order chi connectivity index (χ1) is 21.2. The minimum Gasteiger partial charge on any atom is -0.496 e. The molecular formula is C35H40N4O5. The fourth-order valence-corrected chi connectivity index (χ4v) is 5.47. The number of aromatic carboxylic acids is 1. The van der Waals surface area contributed by atoms with Crippen molar-refractivity contribution in [3.05, 3.63) is 106 Å². The molecule has 4 aromatic rings. The summed E-state index contributed by atoms with van der Waals surface area (Å²) in [5.41, 5.74) is 5.98. The number of aryl methyl sites for hydroxylation is 2. The lowest BCUT2D eigenvalue weighted by atomic mass is 9.93. The number of hydrogen-bond acceptors (Lipinski definition) is 6. The maximum absolute atomic E-state index is 14.6. The molecule has 0 saturated heterocycles. The Balaban J connectivity index is 1.74. The second-order valence-corrected chi connectivity index (χ2v) is 11.0. The van der Waals surface area contributed by atoms with E-state index < -0.39 is 18.1 Å². The Labute approximate surface area is 258 Å². The number of carbonyl (C=O) groups is 3. The molecule has 0 spiro atoms. The van der Waals surface area contributed by atoms with Gasteiger partial charge < -0.3 is 25.0 Å². The van der Waals surface area contributed by atoms with Gasteiger partial charge in [-0.05, 0) is 92.2 Å². The van der Waals surface area contributed by atoms with E-state index in [0.29, 0.717) is 29.9 Å². The number of ether oxygens (including phenoxy) is 1. The van der Waals surface area contributed by atoms with Crippen molar-refractivity contribution in [2.75, 3.05) is 13.7 Å². The maximum atomic E-state index is 14.6. The SMILES string of the molecule is CCCNC(Cc1c(C)cc(C=O)cc1C)C(=O)N(Cc1ccc(OC)c(C(=O)O)c1)C(C)c1ncc(-c2ccccc2)[nH]1. The zero-order valence-corrected chi connectivity index (χ0v) is 25.9. The van der Waals surface area contributed by atoms with Crippen LogP contribution in [0.4, 0.5) is 0 Å². The smallest absolute Gasteiger partial charge is 0.339 e. The predicted molar refractivity (Wildman–Crippen MR) is 170 cm³/mol. The molecule has 4 rings (SSSR count). The van der Waals surface area contributed by atoms with Gasteiger partial charge in [-0.2, -0.15) is 0 Å². The molecule has 2 atom stereocenters. The standard InChI is InChI=1S/C35H40N4O5/c1-6-14-36-30(18-28-22(2)15-26(21-40)16-23(28)3)34(41)39(20-25-12-13-32(44-5)29(17-25)35(42)43)24(4)33-37-19-31(38-33)27-10-8-7-9-11-27/h7-13,15-17,19,21,24,30,36H,6,14,18,20H2,1-5H3,(H,37,38)(H,42,43). The van der Waals surface area contributed by atoms with Crippen LogP contribution in [-0.4, -0.2) is 57.8 Å². The number of aromatic amines is 1. The van der Waals surface area contributed by atoms with E-state index in [0.717, 1.165) is 40.7 Å². The predicted octanol–water partition coefficient (Wildman–Crippen LogP) is 5.91. The van der Waals surface area contributed by atoms with Gasteiger partial charge in [-0.25, -0.2) is 9.78 Å². The summed E-state index contributed by atoms with van der Waals surface area (Å²) in [6.45, 7) is 8.65. The van der Waals surface area contributed by atoms with Gasteiger partial charge >= 0.3 is 5.97 Å². The number of imidazole rings is 1. The zero-order chi connectivity index (χ0) is 31.8. The van der Waals surface area contributed by atoms with Crippen molar-refractivity contribution >= 4 is 18.2 Å². The van der Waals surface area contributed by atoms with Gasteiger partial charge in [0, 0.05) is 12.1 Å². The van der Waals surface area contributed by atoms with Crippen LogP contribution >= 0.6 is 0 Å². The second-order valence-electron chi connectivity index (χ2n) is 11.0. The minimum atomic E-state index is -1.11. The highest BCUT2D eigenvalue weighted by atomic mass is 16.5. The Kier molecular flexibility index (Phi) is 10.7. The third kappa shape index (κ3) is 7.41. The molecule has 0 aliphatic carbocycles. The van der Waals surface area contributed by atoms with Gasteiger partial charge in [0.2, 0.25) is 5.91 Å². The van der Waals surface area contributed by atoms with Crippen molar-refractivity contribution in [3.63, 3.8) is 0 Å². The van der Waals surface area contributed by atoms with E-state index >= 15 is 0 Å². The van der Waals surface area contributed by atoms with Gasteiger partial charge in [0.15, 0.2) is 0 Å². The number of H-pyrrole nitrogens is 1. The lowest BCUT2D eigenvalue weighted by Crippen LogP contribution is -2.48. The third-order valence-electron chi connectivity index (χ3n) is 7.88. The van der Waals surface area contributed by atoms with Crippen molar-refractivity contribution in [2.24, 2.45) is 0 Å². The first kappa shape index (κ1) is 32.2. The van der Waals surface area contributed by atoms with Gasteiger partial charge in [-0.3, -0.25) is 9.59 Å². The molecule has 1 aromatic heterocycles. The summed E-state index contributed by atoms with van der Waals surface area (Å²) in [6, 6.07) is 17.4. The van der Waals surface area contributed by atoms with Gasteiger partial charge in [0.1, 0.15) is 23.4 Å². The number of methoxy groups -OCH3 is 1. The summed E-state index contributed by atoms with van der Waals surface area (Å²) in [7, 11) is 1.43. The number of aldehydes is 1. The average Bonchev–Trinajstić information content (AvgIpc) is 3.53. The molecule has 2 unspecified atom stereocenters. The van der Waals surface area contributed by atoms with Crippen molar-refractivity contribution in [3.8, 4) is 17.0 Å². The molecule has 0 aliphatic rings. The van der Waals surface area contributed by atoms with Crippen molar-refractivity contribution in [1.29, 1.82) is 0 Å². The highest BCUT2D eigenvalue weighted by Crippen LogP contribution is 2.28. The number of aromatic nitrogens is 2. The fourth-order valence-electron chi connectivity index (χ4n) is 5.47. The van der Waals surface area contributed by atoms with Crippen LogP contribution in [0.5, 0.6) is 5.75 Å². The molecule has 3 aromatic carbocycles. The average molecular weight is 597 g/mol. The highest BCUT2D eigenvalue weighted by molar-refractivity contribution is 5.91. The number of benzene rings is 3. The Morgan fingerprint density at radius 2 is 1.80 bits per heavy atom. The topological polar surface area (TPSA) is 125 Å². The maximum Gasteiger partial charge on any atom is 0.339 e. The number of nitrogens with one attached hydrogen (secondary N) is 2. The van der Waals surface area contributed by atoms with Crippen LogP contribution in [0.2, 0.25) is 0 Å².